The molecule has 0 aromatic rings. The summed E-state index contributed by atoms with van der Waals surface area (Å²) in [7, 11) is 0. The molecule has 0 bridgehead atoms. The Balaban J connectivity index is 7.75. The predicted molar refractivity (Wildman–Crippen MR) is 379 cm³/mol. The smallest absolute Gasteiger partial charge is 0.0689 e. The Hall–Kier alpha value is -1.02. The van der Waals surface area contributed by atoms with E-state index in [0.717, 1.165) is 64.2 Å². The number of nitrogens with zero attached hydrogens (tertiary/aromatic N) is 2. The quantitative estimate of drug-likeness (QED) is 0.0576. The van der Waals surface area contributed by atoms with Gasteiger partial charge in [0.05, 0.1) is 23.0 Å². The van der Waals surface area contributed by atoms with Crippen molar-refractivity contribution in [2.24, 2.45) is 125 Å². The lowest BCUT2D eigenvalue weighted by atomic mass is 9.63. The van der Waals surface area contributed by atoms with Gasteiger partial charge < -0.3 is 0 Å². The lowest BCUT2D eigenvalue weighted by Gasteiger charge is -2.41. The van der Waals surface area contributed by atoms with E-state index in [1.807, 2.05) is 0 Å². The molecule has 0 amide bonds. The summed E-state index contributed by atoms with van der Waals surface area (Å²) in [5, 5.41) is 24.2. The fourth-order valence-electron chi connectivity index (χ4n) is 17.6. The zero-order valence-corrected chi connectivity index (χ0v) is 64.2. The number of hydrogen-bond acceptors (Lipinski definition) is 2. The van der Waals surface area contributed by atoms with E-state index in [1.165, 1.54) is 103 Å². The first-order valence-electron chi connectivity index (χ1n) is 36.5. The van der Waals surface area contributed by atoms with Crippen LogP contribution in [0.15, 0.2) is 0 Å². The van der Waals surface area contributed by atoms with Crippen molar-refractivity contribution in [2.45, 2.75) is 389 Å². The Morgan fingerprint density at radius 1 is 0.226 bits per heavy atom. The number of nitriles is 2. The van der Waals surface area contributed by atoms with Crippen molar-refractivity contribution in [2.75, 3.05) is 0 Å². The molecule has 498 valence electrons. The van der Waals surface area contributed by atoms with Gasteiger partial charge in [0, 0.05) is 0 Å². The molecular weight excluding hydrogens is 1010 g/mol. The van der Waals surface area contributed by atoms with Crippen molar-refractivity contribution < 1.29 is 0 Å². The van der Waals surface area contributed by atoms with Crippen LogP contribution in [0, 0.1) is 148 Å². The number of rotatable bonds is 39. The van der Waals surface area contributed by atoms with Crippen LogP contribution in [0.25, 0.3) is 0 Å². The van der Waals surface area contributed by atoms with Gasteiger partial charge in [-0.05, 0) is 230 Å². The van der Waals surface area contributed by atoms with Crippen LogP contribution in [0.3, 0.4) is 0 Å². The van der Waals surface area contributed by atoms with Crippen LogP contribution in [-0.4, -0.2) is 0 Å². The number of unbranched alkanes of at least 4 members (excludes halogenated alkanes) is 3. The lowest BCUT2D eigenvalue weighted by Crippen LogP contribution is -2.32. The summed E-state index contributed by atoms with van der Waals surface area (Å²) in [6.07, 6.45) is 30.5. The van der Waals surface area contributed by atoms with E-state index in [1.54, 1.807) is 0 Å². The van der Waals surface area contributed by atoms with Gasteiger partial charge in [0.1, 0.15) is 0 Å². The van der Waals surface area contributed by atoms with Gasteiger partial charge in [0.25, 0.3) is 0 Å². The van der Waals surface area contributed by atoms with E-state index in [2.05, 4.69) is 234 Å². The molecule has 0 N–H and O–H groups in total. The van der Waals surface area contributed by atoms with Crippen molar-refractivity contribution in [1.82, 2.24) is 0 Å². The molecule has 84 heavy (non-hydrogen) atoms. The highest BCUT2D eigenvalue weighted by Gasteiger charge is 2.42. The highest BCUT2D eigenvalue weighted by Crippen LogP contribution is 2.51. The first-order valence-corrected chi connectivity index (χ1v) is 36.5. The molecular formula is C82H160N2. The fraction of sp³-hybridized carbons (Fsp3) is 0.976. The molecule has 0 heterocycles. The average Bonchev–Trinajstić information content (AvgIpc) is 3.47. The van der Waals surface area contributed by atoms with Crippen molar-refractivity contribution in [1.29, 1.82) is 10.5 Å². The molecule has 12 unspecified atom stereocenters. The maximum absolute atomic E-state index is 12.1. The highest BCUT2D eigenvalue weighted by molar-refractivity contribution is 5.04. The molecule has 0 aromatic carbocycles. The first-order chi connectivity index (χ1) is 37.7. The molecule has 0 fully saturated rings. The second-order valence-electron chi connectivity index (χ2n) is 41.3. The van der Waals surface area contributed by atoms with Crippen LogP contribution in [0.4, 0.5) is 0 Å². The highest BCUT2D eigenvalue weighted by atomic mass is 14.5. The first kappa shape index (κ1) is 83.0. The maximum atomic E-state index is 12.1. The van der Waals surface area contributed by atoms with Crippen molar-refractivity contribution >= 4 is 0 Å². The van der Waals surface area contributed by atoms with Crippen molar-refractivity contribution in [3.63, 3.8) is 0 Å². The second kappa shape index (κ2) is 35.5. The van der Waals surface area contributed by atoms with Crippen LogP contribution in [0.2, 0.25) is 0 Å². The summed E-state index contributed by atoms with van der Waals surface area (Å²) in [6, 6.07) is 6.61. The minimum Gasteiger partial charge on any atom is -0.198 e. The molecule has 0 aliphatic heterocycles. The van der Waals surface area contributed by atoms with Crippen LogP contribution in [-0.2, 0) is 0 Å². The Labute approximate surface area is 533 Å². The summed E-state index contributed by atoms with van der Waals surface area (Å²) in [4.78, 5) is 0. The monoisotopic (exact) mass is 1170 g/mol. The maximum Gasteiger partial charge on any atom is 0.0689 e. The van der Waals surface area contributed by atoms with Gasteiger partial charge >= 0.3 is 0 Å². The summed E-state index contributed by atoms with van der Waals surface area (Å²) < 4.78 is 0. The summed E-state index contributed by atoms with van der Waals surface area (Å²) in [5.74, 6) is 7.16. The minimum absolute atomic E-state index is 0.250. The van der Waals surface area contributed by atoms with Crippen molar-refractivity contribution in [3.8, 4) is 12.1 Å². The molecule has 0 aliphatic carbocycles. The Morgan fingerprint density at radius 3 is 0.536 bits per heavy atom. The summed E-state index contributed by atoms with van der Waals surface area (Å²) >= 11 is 0. The summed E-state index contributed by atoms with van der Waals surface area (Å²) in [6.45, 7) is 78.4. The van der Waals surface area contributed by atoms with E-state index < -0.39 is 0 Å². The largest absolute Gasteiger partial charge is 0.198 e. The zero-order valence-electron chi connectivity index (χ0n) is 64.2. The van der Waals surface area contributed by atoms with Gasteiger partial charge in [-0.2, -0.15) is 10.5 Å². The Morgan fingerprint density at radius 2 is 0.393 bits per heavy atom. The second-order valence-corrected chi connectivity index (χ2v) is 41.3. The fourth-order valence-corrected chi connectivity index (χ4v) is 17.6. The van der Waals surface area contributed by atoms with Gasteiger partial charge in [-0.3, -0.25) is 0 Å². The number of hydrogen-bond donors (Lipinski definition) is 0. The molecule has 2 nitrogen and oxygen atoms in total. The van der Waals surface area contributed by atoms with Gasteiger partial charge in [0.2, 0.25) is 0 Å². The normalized spacial score (nSPS) is 19.5. The molecule has 0 aliphatic rings. The average molecular weight is 1170 g/mol. The third kappa shape index (κ3) is 41.3. The molecule has 12 atom stereocenters. The van der Waals surface area contributed by atoms with Gasteiger partial charge in [-0.1, -0.05) is 273 Å². The van der Waals surface area contributed by atoms with Crippen LogP contribution in [0.1, 0.15) is 389 Å². The molecule has 0 aromatic heterocycles. The van der Waals surface area contributed by atoms with Crippen molar-refractivity contribution in [3.05, 3.63) is 0 Å². The summed E-state index contributed by atoms with van der Waals surface area (Å²) in [5.41, 5.74) is 1.61. The molecule has 0 saturated heterocycles. The van der Waals surface area contributed by atoms with E-state index in [4.69, 9.17) is 0 Å². The third-order valence-electron chi connectivity index (χ3n) is 20.1. The van der Waals surface area contributed by atoms with E-state index in [9.17, 15) is 10.5 Å². The Bertz CT molecular complexity index is 1570. The molecule has 2 heteroatoms. The van der Waals surface area contributed by atoms with Crippen LogP contribution in [0.5, 0.6) is 0 Å². The van der Waals surface area contributed by atoms with Gasteiger partial charge in [-0.15, -0.1) is 0 Å². The third-order valence-corrected chi connectivity index (χ3v) is 20.1. The molecule has 0 saturated carbocycles. The van der Waals surface area contributed by atoms with E-state index in [0.29, 0.717) is 92.7 Å². The lowest BCUT2D eigenvalue weighted by molar-refractivity contribution is 0.107. The molecule has 0 spiro atoms. The minimum atomic E-state index is -0.342. The Kier molecular flexibility index (Phi) is 35.1. The van der Waals surface area contributed by atoms with Gasteiger partial charge in [0.15, 0.2) is 0 Å². The zero-order chi connectivity index (χ0) is 65.7. The SMILES string of the molecule is CC(CCC(CC(C#N)(CCCCCCC(C#N)(CC(CCC(C)CC(C)(C)C)C(C)CC(C)(C)C)CC(CCC(C)CC(C)(C)C)C(C)CC(C)(C)C)CC(CCC(C)CC(C)(C)C)C(C)CC(C)(C)C)C(C)CC(C)(C)C)CC(C)(C)C. The topological polar surface area (TPSA) is 47.6 Å². The molecule has 0 rings (SSSR count). The standard InChI is InChI=1S/C82H160N2/c1-61(47-73(9,10)11)37-41-69(65(5)51-77(21,22)23)55-81(59-83,56-70(66(6)52-78(24,25)26)42-38-62(2)48-74(12,13)14)45-35-33-34-36-46-82(60-84,57-71(67(7)53-79(27,28)29)43-39-63(3)49-75(15,16)17)58-72(68(8)54-80(30,31)32)44-40-64(4)50-76(18,19)20/h61-72H,33-58H2,1-32H3. The van der Waals surface area contributed by atoms with Crippen LogP contribution < -0.4 is 0 Å². The van der Waals surface area contributed by atoms with Crippen LogP contribution >= 0.6 is 0 Å². The molecule has 0 radical (unpaired) electrons. The predicted octanol–water partition coefficient (Wildman–Crippen LogP) is 28.1. The van der Waals surface area contributed by atoms with E-state index in [-0.39, 0.29) is 32.5 Å². The van der Waals surface area contributed by atoms with E-state index >= 15 is 0 Å². The van der Waals surface area contributed by atoms with Gasteiger partial charge in [-0.25, -0.2) is 0 Å².